The molecule has 1 aromatic rings. The molecule has 0 aromatic heterocycles. The first kappa shape index (κ1) is 16.0. The van der Waals surface area contributed by atoms with E-state index in [-0.39, 0.29) is 0 Å². The van der Waals surface area contributed by atoms with Crippen LogP contribution in [0.4, 0.5) is 0 Å². The van der Waals surface area contributed by atoms with Crippen molar-refractivity contribution in [1.29, 1.82) is 0 Å². The zero-order valence-electron chi connectivity index (χ0n) is 12.1. The van der Waals surface area contributed by atoms with Crippen molar-refractivity contribution in [3.63, 3.8) is 0 Å². The number of ether oxygens (including phenoxy) is 2. The Balaban J connectivity index is 2.70. The van der Waals surface area contributed by atoms with Crippen LogP contribution in [0.2, 0.25) is 0 Å². The summed E-state index contributed by atoms with van der Waals surface area (Å²) in [7, 11) is 5.60. The number of hydrogen-bond donors (Lipinski definition) is 1. The number of carboxylic acids is 1. The highest BCUT2D eigenvalue weighted by Crippen LogP contribution is 2.28. The molecule has 0 aliphatic heterocycles. The van der Waals surface area contributed by atoms with Crippen molar-refractivity contribution < 1.29 is 19.4 Å². The van der Waals surface area contributed by atoms with Crippen LogP contribution in [0.1, 0.15) is 12.0 Å². The van der Waals surface area contributed by atoms with Crippen LogP contribution >= 0.6 is 0 Å². The number of hydrogen-bond acceptors (Lipinski definition) is 4. The molecule has 0 unspecified atom stereocenters. The summed E-state index contributed by atoms with van der Waals surface area (Å²) in [5, 5.41) is 8.62. The maximum Gasteiger partial charge on any atom is 0.328 e. The Kier molecular flexibility index (Phi) is 6.59. The number of nitrogens with zero attached hydrogens (tertiary/aromatic N) is 1. The first-order chi connectivity index (χ1) is 9.52. The third kappa shape index (κ3) is 5.75. The molecule has 1 rings (SSSR count). The molecule has 0 saturated heterocycles. The van der Waals surface area contributed by atoms with E-state index in [4.69, 9.17) is 14.6 Å². The Labute approximate surface area is 119 Å². The van der Waals surface area contributed by atoms with Gasteiger partial charge in [0.1, 0.15) is 0 Å². The Bertz CT molecular complexity index is 469. The quantitative estimate of drug-likeness (QED) is 0.583. The Morgan fingerprint density at radius 3 is 2.70 bits per heavy atom. The van der Waals surface area contributed by atoms with Crippen molar-refractivity contribution in [2.75, 3.05) is 34.4 Å². The topological polar surface area (TPSA) is 59.0 Å². The molecule has 0 heterocycles. The van der Waals surface area contributed by atoms with E-state index >= 15 is 0 Å². The fraction of sp³-hybridized carbons (Fsp3) is 0.400. The maximum absolute atomic E-state index is 10.5. The maximum atomic E-state index is 10.5. The first-order valence-electron chi connectivity index (χ1n) is 6.39. The highest BCUT2D eigenvalue weighted by Gasteiger charge is 2.05. The van der Waals surface area contributed by atoms with E-state index in [1.807, 2.05) is 14.1 Å². The second-order valence-electron chi connectivity index (χ2n) is 4.59. The van der Waals surface area contributed by atoms with E-state index in [9.17, 15) is 4.79 Å². The molecule has 0 bridgehead atoms. The van der Waals surface area contributed by atoms with Crippen molar-refractivity contribution in [1.82, 2.24) is 4.90 Å². The molecule has 1 N–H and O–H groups in total. The number of carbonyl (C=O) groups is 1. The van der Waals surface area contributed by atoms with Gasteiger partial charge in [0.25, 0.3) is 0 Å². The van der Waals surface area contributed by atoms with Gasteiger partial charge in [-0.25, -0.2) is 4.79 Å². The fourth-order valence-corrected chi connectivity index (χ4v) is 1.64. The van der Waals surface area contributed by atoms with Gasteiger partial charge in [-0.3, -0.25) is 0 Å². The molecule has 5 heteroatoms. The van der Waals surface area contributed by atoms with Gasteiger partial charge in [-0.2, -0.15) is 0 Å². The molecular formula is C15H21NO4. The highest BCUT2D eigenvalue weighted by atomic mass is 16.5. The lowest BCUT2D eigenvalue weighted by atomic mass is 10.2. The zero-order valence-corrected chi connectivity index (χ0v) is 12.1. The lowest BCUT2D eigenvalue weighted by molar-refractivity contribution is -0.131. The van der Waals surface area contributed by atoms with Gasteiger partial charge in [0.2, 0.25) is 0 Å². The van der Waals surface area contributed by atoms with Crippen molar-refractivity contribution in [2.24, 2.45) is 0 Å². The molecule has 0 aliphatic carbocycles. The number of methoxy groups -OCH3 is 1. The van der Waals surface area contributed by atoms with Gasteiger partial charge in [0.05, 0.1) is 13.7 Å². The largest absolute Gasteiger partial charge is 0.493 e. The van der Waals surface area contributed by atoms with Gasteiger partial charge >= 0.3 is 5.97 Å². The van der Waals surface area contributed by atoms with E-state index in [1.54, 1.807) is 25.3 Å². The van der Waals surface area contributed by atoms with Gasteiger partial charge in [0, 0.05) is 12.6 Å². The molecule has 1 aromatic carbocycles. The summed E-state index contributed by atoms with van der Waals surface area (Å²) in [6, 6.07) is 5.32. The minimum absolute atomic E-state index is 0.584. The summed E-state index contributed by atoms with van der Waals surface area (Å²) in [6.07, 6.45) is 3.53. The van der Waals surface area contributed by atoms with E-state index in [0.717, 1.165) is 24.6 Å². The fourth-order valence-electron chi connectivity index (χ4n) is 1.64. The van der Waals surface area contributed by atoms with Crippen LogP contribution in [0, 0.1) is 0 Å². The minimum Gasteiger partial charge on any atom is -0.493 e. The number of rotatable bonds is 8. The number of benzene rings is 1. The SMILES string of the molecule is COc1ccc(C=CC(=O)O)cc1OCCCN(C)C. The van der Waals surface area contributed by atoms with Crippen LogP contribution in [0.25, 0.3) is 6.08 Å². The standard InChI is InChI=1S/C15H21NO4/c1-16(2)9-4-10-20-14-11-12(6-8-15(17)18)5-7-13(14)19-3/h5-8,11H,4,9-10H2,1-3H3,(H,17,18). The molecule has 0 aliphatic rings. The van der Waals surface area contributed by atoms with Crippen molar-refractivity contribution in [2.45, 2.75) is 6.42 Å². The average Bonchev–Trinajstić information content (AvgIpc) is 2.41. The summed E-state index contributed by atoms with van der Waals surface area (Å²) >= 11 is 0. The summed E-state index contributed by atoms with van der Waals surface area (Å²) < 4.78 is 10.9. The van der Waals surface area contributed by atoms with Crippen molar-refractivity contribution in [3.05, 3.63) is 29.8 Å². The van der Waals surface area contributed by atoms with E-state index in [2.05, 4.69) is 4.90 Å². The third-order valence-corrected chi connectivity index (χ3v) is 2.61. The lowest BCUT2D eigenvalue weighted by Crippen LogP contribution is -2.15. The average molecular weight is 279 g/mol. The number of aliphatic carboxylic acids is 1. The van der Waals surface area contributed by atoms with Gasteiger partial charge in [-0.15, -0.1) is 0 Å². The molecule has 0 fully saturated rings. The van der Waals surface area contributed by atoms with Gasteiger partial charge in [-0.05, 0) is 44.3 Å². The molecular weight excluding hydrogens is 258 g/mol. The molecule has 0 saturated carbocycles. The van der Waals surface area contributed by atoms with E-state index in [0.29, 0.717) is 18.1 Å². The second-order valence-corrected chi connectivity index (χ2v) is 4.59. The van der Waals surface area contributed by atoms with Crippen molar-refractivity contribution >= 4 is 12.0 Å². The highest BCUT2D eigenvalue weighted by molar-refractivity contribution is 5.85. The van der Waals surface area contributed by atoms with E-state index < -0.39 is 5.97 Å². The van der Waals surface area contributed by atoms with Crippen LogP contribution in [0.15, 0.2) is 24.3 Å². The lowest BCUT2D eigenvalue weighted by Gasteiger charge is -2.13. The Morgan fingerprint density at radius 2 is 2.10 bits per heavy atom. The summed E-state index contributed by atoms with van der Waals surface area (Å²) in [5.74, 6) is 0.287. The summed E-state index contributed by atoms with van der Waals surface area (Å²) in [4.78, 5) is 12.6. The summed E-state index contributed by atoms with van der Waals surface area (Å²) in [5.41, 5.74) is 0.760. The van der Waals surface area contributed by atoms with Crippen molar-refractivity contribution in [3.8, 4) is 11.5 Å². The predicted molar refractivity (Wildman–Crippen MR) is 78.3 cm³/mol. The Hall–Kier alpha value is -2.01. The van der Waals surface area contributed by atoms with Crippen LogP contribution in [-0.2, 0) is 4.79 Å². The van der Waals surface area contributed by atoms with E-state index in [1.165, 1.54) is 6.08 Å². The predicted octanol–water partition coefficient (Wildman–Crippen LogP) is 2.12. The van der Waals surface area contributed by atoms with Gasteiger partial charge in [0.15, 0.2) is 11.5 Å². The monoisotopic (exact) mass is 279 g/mol. The molecule has 5 nitrogen and oxygen atoms in total. The van der Waals surface area contributed by atoms with Crippen LogP contribution in [0.5, 0.6) is 11.5 Å². The Morgan fingerprint density at radius 1 is 1.35 bits per heavy atom. The summed E-state index contributed by atoms with van der Waals surface area (Å²) in [6.45, 7) is 1.53. The third-order valence-electron chi connectivity index (χ3n) is 2.61. The molecule has 0 amide bonds. The molecule has 20 heavy (non-hydrogen) atoms. The smallest absolute Gasteiger partial charge is 0.328 e. The first-order valence-corrected chi connectivity index (χ1v) is 6.39. The van der Waals surface area contributed by atoms with Crippen LogP contribution in [0.3, 0.4) is 0 Å². The molecule has 110 valence electrons. The zero-order chi connectivity index (χ0) is 15.0. The van der Waals surface area contributed by atoms with Crippen LogP contribution in [-0.4, -0.2) is 50.3 Å². The molecule has 0 atom stereocenters. The minimum atomic E-state index is -0.978. The van der Waals surface area contributed by atoms with Gasteiger partial charge in [-0.1, -0.05) is 6.07 Å². The number of carboxylic acid groups (broad SMARTS) is 1. The molecule has 0 spiro atoms. The molecule has 0 radical (unpaired) electrons. The van der Waals surface area contributed by atoms with Crippen LogP contribution < -0.4 is 9.47 Å². The second kappa shape index (κ2) is 8.22. The normalized spacial score (nSPS) is 11.0. The van der Waals surface area contributed by atoms with Gasteiger partial charge < -0.3 is 19.5 Å².